The molecular formula is C14H33IN4O2S. The molecule has 0 amide bonds. The van der Waals surface area contributed by atoms with Crippen molar-refractivity contribution in [3.8, 4) is 0 Å². The zero-order valence-corrected chi connectivity index (χ0v) is 17.7. The topological polar surface area (TPSA) is 73.8 Å². The minimum atomic E-state index is -3.18. The van der Waals surface area contributed by atoms with Crippen molar-refractivity contribution < 1.29 is 8.42 Å². The number of nitrogens with one attached hydrogen (secondary N) is 2. The van der Waals surface area contributed by atoms with Crippen LogP contribution < -0.4 is 10.6 Å². The molecule has 0 aromatic carbocycles. The van der Waals surface area contributed by atoms with Crippen LogP contribution >= 0.6 is 24.0 Å². The molecule has 0 aliphatic rings. The fourth-order valence-corrected chi connectivity index (χ4v) is 3.23. The zero-order valence-electron chi connectivity index (χ0n) is 14.6. The van der Waals surface area contributed by atoms with E-state index in [1.165, 1.54) is 4.31 Å². The van der Waals surface area contributed by atoms with Gasteiger partial charge in [-0.15, -0.1) is 24.0 Å². The number of rotatable bonds is 10. The lowest BCUT2D eigenvalue weighted by atomic mass is 10.1. The second-order valence-corrected chi connectivity index (χ2v) is 7.36. The second-order valence-electron chi connectivity index (χ2n) is 5.27. The zero-order chi connectivity index (χ0) is 16.3. The predicted octanol–water partition coefficient (Wildman–Crippen LogP) is 1.88. The van der Waals surface area contributed by atoms with Crippen molar-refractivity contribution in [1.29, 1.82) is 0 Å². The van der Waals surface area contributed by atoms with Gasteiger partial charge in [0.1, 0.15) is 0 Å². The van der Waals surface area contributed by atoms with Gasteiger partial charge in [0.2, 0.25) is 10.0 Å². The third kappa shape index (κ3) is 10.6. The van der Waals surface area contributed by atoms with E-state index in [0.717, 1.165) is 19.5 Å². The van der Waals surface area contributed by atoms with Crippen LogP contribution in [0.15, 0.2) is 4.99 Å². The van der Waals surface area contributed by atoms with E-state index < -0.39 is 10.0 Å². The molecule has 0 aromatic rings. The molecular weight excluding hydrogens is 415 g/mol. The normalized spacial score (nSPS) is 12.4. The summed E-state index contributed by atoms with van der Waals surface area (Å²) in [6.45, 7) is 12.9. The Morgan fingerprint density at radius 2 is 1.73 bits per heavy atom. The van der Waals surface area contributed by atoms with Crippen LogP contribution in [0.4, 0.5) is 0 Å². The third-order valence-electron chi connectivity index (χ3n) is 3.07. The summed E-state index contributed by atoms with van der Waals surface area (Å²) in [7, 11) is -3.18. The van der Waals surface area contributed by atoms with Crippen molar-refractivity contribution in [2.45, 2.75) is 41.0 Å². The van der Waals surface area contributed by atoms with Crippen molar-refractivity contribution >= 4 is 40.0 Å². The van der Waals surface area contributed by atoms with Gasteiger partial charge >= 0.3 is 0 Å². The van der Waals surface area contributed by atoms with Crippen molar-refractivity contribution in [3.63, 3.8) is 0 Å². The Morgan fingerprint density at radius 3 is 2.18 bits per heavy atom. The minimum Gasteiger partial charge on any atom is -0.357 e. The molecule has 0 saturated carbocycles. The molecule has 134 valence electrons. The van der Waals surface area contributed by atoms with Crippen LogP contribution in [-0.2, 0) is 10.0 Å². The molecule has 6 nitrogen and oxygen atoms in total. The average molecular weight is 448 g/mol. The molecule has 0 fully saturated rings. The maximum atomic E-state index is 12.1. The standard InChI is InChI=1S/C14H32N4O2S.HI/c1-6-15-14(16-10-9-13(4)5)17-11-12-21(19,20)18(7-2)8-3;/h13H,6-12H2,1-5H3,(H2,15,16,17);1H. The number of aliphatic imine (C=N–C) groups is 1. The summed E-state index contributed by atoms with van der Waals surface area (Å²) in [5.74, 6) is 1.39. The van der Waals surface area contributed by atoms with Gasteiger partial charge in [-0.3, -0.25) is 4.99 Å². The number of sulfonamides is 1. The second kappa shape index (κ2) is 13.4. The van der Waals surface area contributed by atoms with E-state index >= 15 is 0 Å². The van der Waals surface area contributed by atoms with E-state index in [4.69, 9.17) is 0 Å². The summed E-state index contributed by atoms with van der Waals surface area (Å²) < 4.78 is 25.6. The molecule has 0 aromatic heterocycles. The number of hydrogen-bond acceptors (Lipinski definition) is 3. The van der Waals surface area contributed by atoms with Crippen LogP contribution in [0.5, 0.6) is 0 Å². The van der Waals surface area contributed by atoms with E-state index in [-0.39, 0.29) is 29.7 Å². The Morgan fingerprint density at radius 1 is 1.14 bits per heavy atom. The van der Waals surface area contributed by atoms with E-state index in [2.05, 4.69) is 29.5 Å². The first-order chi connectivity index (χ1) is 9.87. The summed E-state index contributed by atoms with van der Waals surface area (Å²) in [4.78, 5) is 4.44. The lowest BCUT2D eigenvalue weighted by Gasteiger charge is -2.19. The van der Waals surface area contributed by atoms with Gasteiger partial charge in [0.15, 0.2) is 5.96 Å². The van der Waals surface area contributed by atoms with Gasteiger partial charge in [-0.1, -0.05) is 27.7 Å². The molecule has 8 heteroatoms. The highest BCUT2D eigenvalue weighted by Gasteiger charge is 2.18. The SMILES string of the molecule is CCNC(=NCCC(C)C)NCCS(=O)(=O)N(CC)CC.I. The lowest BCUT2D eigenvalue weighted by molar-refractivity contribution is 0.445. The van der Waals surface area contributed by atoms with Crippen molar-refractivity contribution in [2.75, 3.05) is 38.5 Å². The van der Waals surface area contributed by atoms with Crippen LogP contribution in [-0.4, -0.2) is 57.2 Å². The van der Waals surface area contributed by atoms with Crippen LogP contribution in [0.2, 0.25) is 0 Å². The van der Waals surface area contributed by atoms with Gasteiger partial charge < -0.3 is 10.6 Å². The molecule has 0 aliphatic heterocycles. The Balaban J connectivity index is 0. The Bertz CT molecular complexity index is 396. The van der Waals surface area contributed by atoms with E-state index in [1.807, 2.05) is 20.8 Å². The first-order valence-corrected chi connectivity index (χ1v) is 9.48. The monoisotopic (exact) mass is 448 g/mol. The fraction of sp³-hybridized carbons (Fsp3) is 0.929. The van der Waals surface area contributed by atoms with Gasteiger partial charge in [-0.2, -0.15) is 0 Å². The first kappa shape index (κ1) is 24.2. The summed E-state index contributed by atoms with van der Waals surface area (Å²) >= 11 is 0. The Kier molecular flexibility index (Phi) is 14.7. The highest BCUT2D eigenvalue weighted by molar-refractivity contribution is 14.0. The Labute approximate surface area is 153 Å². The number of halogens is 1. The van der Waals surface area contributed by atoms with Gasteiger partial charge in [0, 0.05) is 32.7 Å². The molecule has 0 bridgehead atoms. The molecule has 0 spiro atoms. The molecule has 2 N–H and O–H groups in total. The predicted molar refractivity (Wildman–Crippen MR) is 106 cm³/mol. The molecule has 0 aliphatic carbocycles. The van der Waals surface area contributed by atoms with Gasteiger partial charge in [-0.25, -0.2) is 12.7 Å². The number of guanidine groups is 1. The van der Waals surface area contributed by atoms with Crippen LogP contribution in [0.1, 0.15) is 41.0 Å². The molecule has 0 radical (unpaired) electrons. The smallest absolute Gasteiger partial charge is 0.215 e. The highest BCUT2D eigenvalue weighted by atomic mass is 127. The van der Waals surface area contributed by atoms with Gasteiger partial charge in [-0.05, 0) is 19.3 Å². The minimum absolute atomic E-state index is 0. The molecule has 0 atom stereocenters. The summed E-state index contributed by atoms with van der Waals surface area (Å²) in [6.07, 6.45) is 1.02. The van der Waals surface area contributed by atoms with Crippen LogP contribution in [0.3, 0.4) is 0 Å². The molecule has 22 heavy (non-hydrogen) atoms. The maximum Gasteiger partial charge on any atom is 0.215 e. The Hall–Kier alpha value is -0.0900. The molecule has 0 rings (SSSR count). The van der Waals surface area contributed by atoms with Crippen molar-refractivity contribution in [1.82, 2.24) is 14.9 Å². The van der Waals surface area contributed by atoms with Crippen LogP contribution in [0, 0.1) is 5.92 Å². The van der Waals surface area contributed by atoms with Crippen LogP contribution in [0.25, 0.3) is 0 Å². The van der Waals surface area contributed by atoms with E-state index in [9.17, 15) is 8.42 Å². The number of hydrogen-bond donors (Lipinski definition) is 2. The summed E-state index contributed by atoms with van der Waals surface area (Å²) in [6, 6.07) is 0. The maximum absolute atomic E-state index is 12.1. The van der Waals surface area contributed by atoms with Gasteiger partial charge in [0.05, 0.1) is 5.75 Å². The first-order valence-electron chi connectivity index (χ1n) is 7.87. The quantitative estimate of drug-likeness (QED) is 0.304. The average Bonchev–Trinajstić information content (AvgIpc) is 2.39. The fourth-order valence-electron chi connectivity index (χ4n) is 1.82. The summed E-state index contributed by atoms with van der Waals surface area (Å²) in [5.41, 5.74) is 0. The highest BCUT2D eigenvalue weighted by Crippen LogP contribution is 2.00. The molecule has 0 heterocycles. The number of nitrogens with zero attached hydrogens (tertiary/aromatic N) is 2. The van der Waals surface area contributed by atoms with Crippen molar-refractivity contribution in [3.05, 3.63) is 0 Å². The molecule has 0 saturated heterocycles. The van der Waals surface area contributed by atoms with Crippen molar-refractivity contribution in [2.24, 2.45) is 10.9 Å². The largest absolute Gasteiger partial charge is 0.357 e. The third-order valence-corrected chi connectivity index (χ3v) is 5.10. The van der Waals surface area contributed by atoms with E-state index in [1.54, 1.807) is 0 Å². The van der Waals surface area contributed by atoms with E-state index in [0.29, 0.717) is 31.5 Å². The lowest BCUT2D eigenvalue weighted by Crippen LogP contribution is -2.42. The van der Waals surface area contributed by atoms with Gasteiger partial charge in [0.25, 0.3) is 0 Å². The molecule has 0 unspecified atom stereocenters. The summed E-state index contributed by atoms with van der Waals surface area (Å²) in [5, 5.41) is 6.22.